The van der Waals surface area contributed by atoms with E-state index in [1.807, 2.05) is 73.7 Å². The van der Waals surface area contributed by atoms with Crippen molar-refractivity contribution in [3.63, 3.8) is 0 Å². The molecule has 0 atom stereocenters. The number of hydrogen-bond acceptors (Lipinski definition) is 5. The quantitative estimate of drug-likeness (QED) is 0.122. The summed E-state index contributed by atoms with van der Waals surface area (Å²) >= 11 is 0. The van der Waals surface area contributed by atoms with Gasteiger partial charge in [0.05, 0.1) is 12.2 Å². The summed E-state index contributed by atoms with van der Waals surface area (Å²) in [6.07, 6.45) is 8.23. The van der Waals surface area contributed by atoms with E-state index in [2.05, 4.69) is 26.7 Å². The standard InChI is InChI=1S/C14H14O4.C11H20O2.C8H8/c1-10(13(15)16)8-11(2)14(17)18-9-12-6-4-3-5-7-12;1-4-6-7-8-9-13-11(12)10(3)5-2;1-2-8-6-4-3-5-7-8/h3-8H,2,9H2,1H3,(H,15,16);3-9H2,1-2H3;2-7H,1H2. The molecule has 0 saturated heterocycles. The SMILES string of the molecule is C=C(C=C(C)C(=O)O)C(=O)OCc1ccccc1.C=C(CC)C(=O)OCCCCCC.C=Cc1ccccc1. The maximum Gasteiger partial charge on any atom is 0.337 e. The summed E-state index contributed by atoms with van der Waals surface area (Å²) in [7, 11) is 0. The van der Waals surface area contributed by atoms with Crippen LogP contribution in [-0.4, -0.2) is 29.6 Å². The minimum atomic E-state index is -1.09. The highest BCUT2D eigenvalue weighted by Gasteiger charge is 2.09. The Balaban J connectivity index is 0.000000599. The molecule has 0 fully saturated rings. The zero-order valence-electron chi connectivity index (χ0n) is 23.5. The first-order valence-corrected chi connectivity index (χ1v) is 13.0. The van der Waals surface area contributed by atoms with Crippen LogP contribution in [0.1, 0.15) is 64.0 Å². The van der Waals surface area contributed by atoms with Crippen LogP contribution in [0.5, 0.6) is 0 Å². The lowest BCUT2D eigenvalue weighted by Gasteiger charge is -2.04. The average Bonchev–Trinajstić information content (AvgIpc) is 2.96. The number of unbranched alkanes of at least 4 members (excludes halogenated alkanes) is 3. The minimum absolute atomic E-state index is 0.0193. The van der Waals surface area contributed by atoms with Gasteiger partial charge in [-0.3, -0.25) is 0 Å². The van der Waals surface area contributed by atoms with Gasteiger partial charge in [0.2, 0.25) is 0 Å². The molecule has 0 bridgehead atoms. The van der Waals surface area contributed by atoms with Crippen molar-refractivity contribution < 1.29 is 29.0 Å². The average molecular weight is 535 g/mol. The van der Waals surface area contributed by atoms with Gasteiger partial charge in [0.25, 0.3) is 0 Å². The molecule has 210 valence electrons. The maximum atomic E-state index is 11.5. The molecular weight excluding hydrogens is 492 g/mol. The fraction of sp³-hybridized carbons (Fsp3) is 0.303. The monoisotopic (exact) mass is 534 g/mol. The summed E-state index contributed by atoms with van der Waals surface area (Å²) in [6.45, 7) is 16.8. The number of carboxylic acid groups (broad SMARTS) is 1. The van der Waals surface area contributed by atoms with E-state index in [4.69, 9.17) is 14.6 Å². The first-order chi connectivity index (χ1) is 18.7. The molecule has 0 radical (unpaired) electrons. The van der Waals surface area contributed by atoms with E-state index in [9.17, 15) is 14.4 Å². The third-order valence-corrected chi connectivity index (χ3v) is 5.18. The number of esters is 2. The molecule has 2 aromatic rings. The Labute approximate surface area is 233 Å². The second-order valence-electron chi connectivity index (χ2n) is 8.49. The van der Waals surface area contributed by atoms with Crippen LogP contribution in [0.15, 0.2) is 103 Å². The zero-order chi connectivity index (χ0) is 29.5. The van der Waals surface area contributed by atoms with Gasteiger partial charge in [-0.05, 0) is 37.0 Å². The van der Waals surface area contributed by atoms with Crippen molar-refractivity contribution in [2.45, 2.75) is 59.5 Å². The fourth-order valence-corrected chi connectivity index (χ4v) is 2.73. The molecule has 0 aromatic heterocycles. The van der Waals surface area contributed by atoms with Crippen LogP contribution in [0, 0.1) is 0 Å². The summed E-state index contributed by atoms with van der Waals surface area (Å²) in [6, 6.07) is 19.2. The number of aliphatic carboxylic acids is 1. The molecule has 1 N–H and O–H groups in total. The predicted molar refractivity (Wildman–Crippen MR) is 158 cm³/mol. The lowest BCUT2D eigenvalue weighted by atomic mass is 10.2. The van der Waals surface area contributed by atoms with E-state index in [0.717, 1.165) is 18.4 Å². The number of carboxylic acids is 1. The van der Waals surface area contributed by atoms with Gasteiger partial charge < -0.3 is 14.6 Å². The lowest BCUT2D eigenvalue weighted by molar-refractivity contribution is -0.140. The van der Waals surface area contributed by atoms with Crippen LogP contribution in [0.25, 0.3) is 6.08 Å². The molecule has 0 unspecified atom stereocenters. The third kappa shape index (κ3) is 17.8. The van der Waals surface area contributed by atoms with Crippen LogP contribution in [0.3, 0.4) is 0 Å². The largest absolute Gasteiger partial charge is 0.478 e. The second-order valence-corrected chi connectivity index (χ2v) is 8.49. The molecular formula is C33H42O6. The van der Waals surface area contributed by atoms with Gasteiger partial charge in [-0.25, -0.2) is 14.4 Å². The Bertz CT molecular complexity index is 1070. The summed E-state index contributed by atoms with van der Waals surface area (Å²) in [4.78, 5) is 33.2. The normalized spacial score (nSPS) is 9.97. The molecule has 2 aromatic carbocycles. The topological polar surface area (TPSA) is 89.9 Å². The number of ether oxygens (including phenoxy) is 2. The van der Waals surface area contributed by atoms with Crippen LogP contribution < -0.4 is 0 Å². The van der Waals surface area contributed by atoms with Crippen molar-refractivity contribution in [2.75, 3.05) is 6.61 Å². The van der Waals surface area contributed by atoms with E-state index < -0.39 is 11.9 Å². The Hall–Kier alpha value is -4.19. The fourth-order valence-electron chi connectivity index (χ4n) is 2.73. The molecule has 39 heavy (non-hydrogen) atoms. The second kappa shape index (κ2) is 21.9. The zero-order valence-corrected chi connectivity index (χ0v) is 23.5. The number of carbonyl (C=O) groups excluding carboxylic acids is 2. The number of rotatable bonds is 13. The summed E-state index contributed by atoms with van der Waals surface area (Å²) in [5, 5.41) is 8.66. The summed E-state index contributed by atoms with van der Waals surface area (Å²) in [5.74, 6) is -1.95. The van der Waals surface area contributed by atoms with Gasteiger partial charge in [-0.1, -0.05) is 120 Å². The van der Waals surface area contributed by atoms with Crippen molar-refractivity contribution in [1.82, 2.24) is 0 Å². The highest BCUT2D eigenvalue weighted by molar-refractivity contribution is 5.95. The maximum absolute atomic E-state index is 11.5. The molecule has 6 heteroatoms. The van der Waals surface area contributed by atoms with Gasteiger partial charge >= 0.3 is 17.9 Å². The van der Waals surface area contributed by atoms with Gasteiger partial charge in [0, 0.05) is 11.1 Å². The van der Waals surface area contributed by atoms with Crippen molar-refractivity contribution in [3.8, 4) is 0 Å². The number of hydrogen-bond donors (Lipinski definition) is 1. The smallest absolute Gasteiger partial charge is 0.337 e. The van der Waals surface area contributed by atoms with Gasteiger partial charge in [0.15, 0.2) is 0 Å². The molecule has 0 heterocycles. The van der Waals surface area contributed by atoms with E-state index in [1.54, 1.807) is 0 Å². The molecule has 0 spiro atoms. The highest BCUT2D eigenvalue weighted by Crippen LogP contribution is 2.07. The highest BCUT2D eigenvalue weighted by atomic mass is 16.5. The molecule has 0 aliphatic carbocycles. The minimum Gasteiger partial charge on any atom is -0.478 e. The Kier molecular flexibility index (Phi) is 19.5. The molecule has 6 nitrogen and oxygen atoms in total. The Morgan fingerprint density at radius 2 is 1.44 bits per heavy atom. The summed E-state index contributed by atoms with van der Waals surface area (Å²) in [5.41, 5.74) is 2.66. The molecule has 0 aliphatic heterocycles. The van der Waals surface area contributed by atoms with E-state index in [1.165, 1.54) is 31.4 Å². The summed E-state index contributed by atoms with van der Waals surface area (Å²) < 4.78 is 10.00. The van der Waals surface area contributed by atoms with Gasteiger partial charge in [0.1, 0.15) is 6.61 Å². The third-order valence-electron chi connectivity index (χ3n) is 5.18. The van der Waals surface area contributed by atoms with Crippen LogP contribution in [0.2, 0.25) is 0 Å². The van der Waals surface area contributed by atoms with Crippen molar-refractivity contribution >= 4 is 24.0 Å². The predicted octanol–water partition coefficient (Wildman–Crippen LogP) is 7.72. The van der Waals surface area contributed by atoms with E-state index >= 15 is 0 Å². The molecule has 0 amide bonds. The molecule has 2 rings (SSSR count). The van der Waals surface area contributed by atoms with Crippen molar-refractivity contribution in [3.05, 3.63) is 114 Å². The number of benzene rings is 2. The van der Waals surface area contributed by atoms with Crippen LogP contribution in [-0.2, 0) is 30.5 Å². The van der Waals surface area contributed by atoms with Crippen molar-refractivity contribution in [1.29, 1.82) is 0 Å². The molecule has 0 saturated carbocycles. The molecule has 0 aliphatic rings. The first-order valence-electron chi connectivity index (χ1n) is 13.0. The lowest BCUT2D eigenvalue weighted by Crippen LogP contribution is -2.07. The van der Waals surface area contributed by atoms with Gasteiger partial charge in [-0.15, -0.1) is 0 Å². The van der Waals surface area contributed by atoms with Crippen LogP contribution in [0.4, 0.5) is 0 Å². The van der Waals surface area contributed by atoms with Crippen molar-refractivity contribution in [2.24, 2.45) is 0 Å². The van der Waals surface area contributed by atoms with E-state index in [0.29, 0.717) is 18.6 Å². The Morgan fingerprint density at radius 1 is 0.846 bits per heavy atom. The van der Waals surface area contributed by atoms with E-state index in [-0.39, 0.29) is 23.7 Å². The van der Waals surface area contributed by atoms with Gasteiger partial charge in [-0.2, -0.15) is 0 Å². The van der Waals surface area contributed by atoms with Crippen LogP contribution >= 0.6 is 0 Å². The Morgan fingerprint density at radius 3 is 1.92 bits per heavy atom. The first kappa shape index (κ1) is 34.8. The number of carbonyl (C=O) groups is 3.